The van der Waals surface area contributed by atoms with Crippen molar-refractivity contribution in [3.8, 4) is 22.9 Å². The summed E-state index contributed by atoms with van der Waals surface area (Å²) >= 11 is 0. The molecule has 0 aliphatic carbocycles. The van der Waals surface area contributed by atoms with Crippen molar-refractivity contribution in [2.24, 2.45) is 0 Å². The van der Waals surface area contributed by atoms with E-state index < -0.39 is 0 Å². The minimum absolute atomic E-state index is 0.0668. The first-order valence-corrected chi connectivity index (χ1v) is 10.1. The lowest BCUT2D eigenvalue weighted by atomic mass is 10.0. The van der Waals surface area contributed by atoms with E-state index in [0.717, 1.165) is 40.4 Å². The molecule has 3 N–H and O–H groups in total. The van der Waals surface area contributed by atoms with Gasteiger partial charge in [0, 0.05) is 42.0 Å². The van der Waals surface area contributed by atoms with Crippen molar-refractivity contribution < 1.29 is 9.47 Å². The standard InChI is InChI=1S/C23H26N4O3/c1-3-30-21-16(5-4-6-20(21)29-2)13-27-12-11-18-19(14-27)25-22(26-23(18)28)15-7-9-17(24)10-8-15/h4-10H,3,11-14,24H2,1-2H3,(H,25,26,28). The van der Waals surface area contributed by atoms with Crippen LogP contribution in [0.15, 0.2) is 47.3 Å². The van der Waals surface area contributed by atoms with E-state index in [-0.39, 0.29) is 5.56 Å². The van der Waals surface area contributed by atoms with Gasteiger partial charge in [-0.2, -0.15) is 0 Å². The summed E-state index contributed by atoms with van der Waals surface area (Å²) in [5.41, 5.74) is 9.86. The Morgan fingerprint density at radius 2 is 2.00 bits per heavy atom. The Labute approximate surface area is 175 Å². The molecule has 0 bridgehead atoms. The van der Waals surface area contributed by atoms with Crippen LogP contribution in [-0.4, -0.2) is 35.1 Å². The molecule has 0 atom stereocenters. The average Bonchev–Trinajstić information content (AvgIpc) is 2.75. The molecule has 7 heteroatoms. The molecule has 7 nitrogen and oxygen atoms in total. The van der Waals surface area contributed by atoms with Gasteiger partial charge in [0.15, 0.2) is 11.5 Å². The third kappa shape index (κ3) is 4.02. The summed E-state index contributed by atoms with van der Waals surface area (Å²) in [6, 6.07) is 13.3. The van der Waals surface area contributed by atoms with Crippen LogP contribution >= 0.6 is 0 Å². The highest BCUT2D eigenvalue weighted by molar-refractivity contribution is 5.58. The number of methoxy groups -OCH3 is 1. The van der Waals surface area contributed by atoms with Gasteiger partial charge >= 0.3 is 0 Å². The van der Waals surface area contributed by atoms with Gasteiger partial charge in [-0.3, -0.25) is 9.69 Å². The van der Waals surface area contributed by atoms with E-state index in [1.807, 2.05) is 37.3 Å². The topological polar surface area (TPSA) is 93.5 Å². The SMILES string of the molecule is CCOc1c(CN2CCc3c(nc(-c4ccc(N)cc4)[nH]c3=O)C2)cccc1OC. The van der Waals surface area contributed by atoms with E-state index in [4.69, 9.17) is 20.2 Å². The lowest BCUT2D eigenvalue weighted by Gasteiger charge is -2.28. The number of para-hydroxylation sites is 1. The minimum atomic E-state index is -0.0668. The molecule has 0 amide bonds. The van der Waals surface area contributed by atoms with Crippen LogP contribution in [0.25, 0.3) is 11.4 Å². The predicted molar refractivity (Wildman–Crippen MR) is 117 cm³/mol. The molecule has 30 heavy (non-hydrogen) atoms. The number of nitrogens with two attached hydrogens (primary N) is 1. The monoisotopic (exact) mass is 406 g/mol. The van der Waals surface area contributed by atoms with Crippen molar-refractivity contribution in [3.63, 3.8) is 0 Å². The number of aromatic nitrogens is 2. The van der Waals surface area contributed by atoms with Gasteiger partial charge in [-0.15, -0.1) is 0 Å². The second-order valence-electron chi connectivity index (χ2n) is 7.30. The van der Waals surface area contributed by atoms with Crippen LogP contribution in [0.5, 0.6) is 11.5 Å². The molecule has 4 rings (SSSR count). The van der Waals surface area contributed by atoms with Crippen LogP contribution in [0, 0.1) is 0 Å². The Kier molecular flexibility index (Phi) is 5.72. The summed E-state index contributed by atoms with van der Waals surface area (Å²) in [7, 11) is 1.65. The second-order valence-corrected chi connectivity index (χ2v) is 7.30. The van der Waals surface area contributed by atoms with Gasteiger partial charge in [0.2, 0.25) is 0 Å². The number of aromatic amines is 1. The average molecular weight is 406 g/mol. The molecule has 0 saturated carbocycles. The Morgan fingerprint density at radius 1 is 1.20 bits per heavy atom. The van der Waals surface area contributed by atoms with E-state index >= 15 is 0 Å². The first-order chi connectivity index (χ1) is 14.6. The molecule has 0 radical (unpaired) electrons. The molecule has 0 unspecified atom stereocenters. The van der Waals surface area contributed by atoms with Crippen molar-refractivity contribution in [3.05, 3.63) is 69.6 Å². The zero-order valence-electron chi connectivity index (χ0n) is 17.3. The molecule has 2 aromatic carbocycles. The third-order valence-corrected chi connectivity index (χ3v) is 5.30. The van der Waals surface area contributed by atoms with Crippen LogP contribution in [-0.2, 0) is 19.5 Å². The van der Waals surface area contributed by atoms with Crippen molar-refractivity contribution in [1.82, 2.24) is 14.9 Å². The number of nitrogens with zero attached hydrogens (tertiary/aromatic N) is 2. The van der Waals surface area contributed by atoms with E-state index in [0.29, 0.717) is 37.6 Å². The smallest absolute Gasteiger partial charge is 0.254 e. The number of ether oxygens (including phenoxy) is 2. The summed E-state index contributed by atoms with van der Waals surface area (Å²) in [6.07, 6.45) is 0.660. The lowest BCUT2D eigenvalue weighted by Crippen LogP contribution is -2.35. The van der Waals surface area contributed by atoms with E-state index in [1.54, 1.807) is 19.2 Å². The molecule has 3 aromatic rings. The van der Waals surface area contributed by atoms with Crippen LogP contribution < -0.4 is 20.8 Å². The number of rotatable bonds is 6. The molecule has 1 aliphatic heterocycles. The largest absolute Gasteiger partial charge is 0.493 e. The number of nitrogens with one attached hydrogen (secondary N) is 1. The van der Waals surface area contributed by atoms with E-state index in [2.05, 4.69) is 9.88 Å². The molecular weight excluding hydrogens is 380 g/mol. The van der Waals surface area contributed by atoms with Crippen molar-refractivity contribution >= 4 is 5.69 Å². The Morgan fingerprint density at radius 3 is 2.73 bits per heavy atom. The van der Waals surface area contributed by atoms with Crippen LogP contribution in [0.2, 0.25) is 0 Å². The number of hydrogen-bond acceptors (Lipinski definition) is 6. The number of nitrogen functional groups attached to an aromatic ring is 1. The molecule has 0 saturated heterocycles. The Bertz CT molecular complexity index is 1090. The number of anilines is 1. The zero-order chi connectivity index (χ0) is 21.1. The van der Waals surface area contributed by atoms with Gasteiger partial charge in [-0.1, -0.05) is 12.1 Å². The van der Waals surface area contributed by atoms with Gasteiger partial charge in [0.05, 0.1) is 19.4 Å². The highest BCUT2D eigenvalue weighted by atomic mass is 16.5. The van der Waals surface area contributed by atoms with Crippen LogP contribution in [0.3, 0.4) is 0 Å². The summed E-state index contributed by atoms with van der Waals surface area (Å²) in [6.45, 7) is 4.60. The van der Waals surface area contributed by atoms with E-state index in [9.17, 15) is 4.79 Å². The van der Waals surface area contributed by atoms with Gasteiger partial charge in [-0.25, -0.2) is 4.98 Å². The molecule has 1 aliphatic rings. The quantitative estimate of drug-likeness (QED) is 0.612. The number of benzene rings is 2. The summed E-state index contributed by atoms with van der Waals surface area (Å²) < 4.78 is 11.3. The first-order valence-electron chi connectivity index (χ1n) is 10.1. The molecule has 0 spiro atoms. The first kappa shape index (κ1) is 20.0. The molecule has 2 heterocycles. The summed E-state index contributed by atoms with van der Waals surface area (Å²) in [4.78, 5) is 22.6. The van der Waals surface area contributed by atoms with E-state index in [1.165, 1.54) is 0 Å². The summed E-state index contributed by atoms with van der Waals surface area (Å²) in [5, 5.41) is 0. The highest BCUT2D eigenvalue weighted by Gasteiger charge is 2.23. The fourth-order valence-corrected chi connectivity index (χ4v) is 3.80. The molecule has 0 fully saturated rings. The fourth-order valence-electron chi connectivity index (χ4n) is 3.80. The summed E-state index contributed by atoms with van der Waals surface area (Å²) in [5.74, 6) is 2.07. The Balaban J connectivity index is 1.61. The second kappa shape index (κ2) is 8.59. The third-order valence-electron chi connectivity index (χ3n) is 5.30. The zero-order valence-corrected chi connectivity index (χ0v) is 17.3. The van der Waals surface area contributed by atoms with Crippen molar-refractivity contribution in [2.45, 2.75) is 26.4 Å². The van der Waals surface area contributed by atoms with Crippen LogP contribution in [0.4, 0.5) is 5.69 Å². The van der Waals surface area contributed by atoms with Gasteiger partial charge in [0.25, 0.3) is 5.56 Å². The highest BCUT2D eigenvalue weighted by Crippen LogP contribution is 2.32. The van der Waals surface area contributed by atoms with Gasteiger partial charge in [0.1, 0.15) is 5.82 Å². The fraction of sp³-hybridized carbons (Fsp3) is 0.304. The molecule has 156 valence electrons. The van der Waals surface area contributed by atoms with Crippen molar-refractivity contribution in [1.29, 1.82) is 0 Å². The van der Waals surface area contributed by atoms with Crippen LogP contribution in [0.1, 0.15) is 23.7 Å². The number of fused-ring (bicyclic) bond motifs is 1. The van der Waals surface area contributed by atoms with Gasteiger partial charge < -0.3 is 20.2 Å². The maximum atomic E-state index is 12.6. The normalized spacial score (nSPS) is 13.7. The lowest BCUT2D eigenvalue weighted by molar-refractivity contribution is 0.232. The molecular formula is C23H26N4O3. The number of H-pyrrole nitrogens is 1. The maximum Gasteiger partial charge on any atom is 0.254 e. The molecule has 1 aromatic heterocycles. The maximum absolute atomic E-state index is 12.6. The minimum Gasteiger partial charge on any atom is -0.493 e. The van der Waals surface area contributed by atoms with Crippen molar-refractivity contribution in [2.75, 3.05) is 26.0 Å². The Hall–Kier alpha value is -3.32. The predicted octanol–water partition coefficient (Wildman–Crippen LogP) is 2.98. The number of hydrogen-bond donors (Lipinski definition) is 2. The van der Waals surface area contributed by atoms with Gasteiger partial charge in [-0.05, 0) is 43.7 Å².